The van der Waals surface area contributed by atoms with Crippen LogP contribution >= 0.6 is 23.2 Å². The standard InChI is InChI=1S/C22H24Cl2F2O3/c1-11-6-13-14-8-16(26)15-7-12(27)4-5-19(15,2)21(14,24)17(23)9-20(13,3)22(11,29)18(28)10-25/h4-5,7-8,11,13-14,17,29H,6,9-10H2,1-3H3/t11-,13+,14+,17+,19+,20+,21+,22+/m1/s1. The van der Waals surface area contributed by atoms with Gasteiger partial charge in [0.2, 0.25) is 0 Å². The number of aliphatic hydroxyl groups is 1. The van der Waals surface area contributed by atoms with Gasteiger partial charge in [-0.05, 0) is 42.9 Å². The van der Waals surface area contributed by atoms with E-state index in [-0.39, 0.29) is 23.7 Å². The normalized spacial score (nSPS) is 51.0. The molecule has 8 atom stereocenters. The number of fused-ring (bicyclic) bond motifs is 5. The Kier molecular flexibility index (Phi) is 4.56. The van der Waals surface area contributed by atoms with Crippen LogP contribution in [0, 0.1) is 28.6 Å². The van der Waals surface area contributed by atoms with E-state index in [9.17, 15) is 19.1 Å². The lowest BCUT2D eigenvalue weighted by Crippen LogP contribution is -2.67. The van der Waals surface area contributed by atoms with Gasteiger partial charge in [-0.25, -0.2) is 8.78 Å². The fourth-order valence-electron chi connectivity index (χ4n) is 6.71. The van der Waals surface area contributed by atoms with Gasteiger partial charge in [0.05, 0.1) is 10.3 Å². The lowest BCUT2D eigenvalue weighted by atomic mass is 9.48. The lowest BCUT2D eigenvalue weighted by molar-refractivity contribution is -0.163. The number of hydrogen-bond acceptors (Lipinski definition) is 3. The van der Waals surface area contributed by atoms with Crippen LogP contribution in [0.1, 0.15) is 33.6 Å². The maximum atomic E-state index is 15.2. The number of carbonyl (C=O) groups is 2. The van der Waals surface area contributed by atoms with Gasteiger partial charge in [0, 0.05) is 22.3 Å². The van der Waals surface area contributed by atoms with Gasteiger partial charge < -0.3 is 5.11 Å². The molecule has 29 heavy (non-hydrogen) atoms. The molecule has 2 fully saturated rings. The second kappa shape index (κ2) is 6.24. The fraction of sp³-hybridized carbons (Fsp3) is 0.636. The van der Waals surface area contributed by atoms with E-state index in [2.05, 4.69) is 0 Å². The van der Waals surface area contributed by atoms with Crippen LogP contribution in [-0.2, 0) is 9.59 Å². The van der Waals surface area contributed by atoms with Crippen LogP contribution in [0.15, 0.2) is 35.7 Å². The molecule has 0 aliphatic heterocycles. The number of ketones is 2. The molecule has 0 bridgehead atoms. The van der Waals surface area contributed by atoms with Crippen molar-refractivity contribution in [1.29, 1.82) is 0 Å². The van der Waals surface area contributed by atoms with Crippen molar-refractivity contribution in [3.8, 4) is 0 Å². The maximum absolute atomic E-state index is 15.2. The van der Waals surface area contributed by atoms with Crippen LogP contribution < -0.4 is 0 Å². The van der Waals surface area contributed by atoms with E-state index in [1.807, 2.05) is 0 Å². The van der Waals surface area contributed by atoms with Crippen LogP contribution in [0.4, 0.5) is 8.78 Å². The van der Waals surface area contributed by atoms with Crippen molar-refractivity contribution in [2.75, 3.05) is 6.67 Å². The quantitative estimate of drug-likeness (QED) is 0.639. The first-order valence-electron chi connectivity index (χ1n) is 9.85. The molecule has 0 aromatic heterocycles. The van der Waals surface area contributed by atoms with Crippen LogP contribution in [0.2, 0.25) is 0 Å². The van der Waals surface area contributed by atoms with Crippen LogP contribution in [-0.4, -0.2) is 39.2 Å². The smallest absolute Gasteiger partial charge is 0.196 e. The van der Waals surface area contributed by atoms with Crippen molar-refractivity contribution in [3.05, 3.63) is 35.7 Å². The third-order valence-corrected chi connectivity index (χ3v) is 9.86. The van der Waals surface area contributed by atoms with Crippen molar-refractivity contribution in [2.24, 2.45) is 28.6 Å². The summed E-state index contributed by atoms with van der Waals surface area (Å²) >= 11 is 14.1. The molecule has 0 aromatic rings. The summed E-state index contributed by atoms with van der Waals surface area (Å²) in [6.45, 7) is 3.95. The highest BCUT2D eigenvalue weighted by molar-refractivity contribution is 6.34. The Morgan fingerprint density at radius 3 is 2.66 bits per heavy atom. The zero-order valence-corrected chi connectivity index (χ0v) is 18.0. The molecule has 1 N–H and O–H groups in total. The molecule has 158 valence electrons. The molecule has 0 saturated heterocycles. The van der Waals surface area contributed by atoms with E-state index < -0.39 is 56.8 Å². The van der Waals surface area contributed by atoms with Gasteiger partial charge in [0.15, 0.2) is 18.2 Å². The zero-order chi connectivity index (χ0) is 21.6. The third kappa shape index (κ3) is 2.27. The molecule has 0 amide bonds. The molecule has 0 heterocycles. The van der Waals surface area contributed by atoms with Crippen LogP contribution in [0.3, 0.4) is 0 Å². The topological polar surface area (TPSA) is 54.4 Å². The molecule has 2 saturated carbocycles. The summed E-state index contributed by atoms with van der Waals surface area (Å²) in [5.41, 5.74) is -3.77. The number of hydrogen-bond donors (Lipinski definition) is 1. The van der Waals surface area contributed by atoms with E-state index in [0.29, 0.717) is 6.42 Å². The second-order valence-corrected chi connectivity index (χ2v) is 10.6. The molecule has 0 unspecified atom stereocenters. The van der Waals surface area contributed by atoms with Crippen molar-refractivity contribution >= 4 is 34.8 Å². The highest BCUT2D eigenvalue weighted by atomic mass is 35.5. The number of allylic oxidation sites excluding steroid dienone is 6. The average Bonchev–Trinajstić information content (AvgIpc) is 2.86. The van der Waals surface area contributed by atoms with Crippen molar-refractivity contribution in [1.82, 2.24) is 0 Å². The molecule has 0 aromatic carbocycles. The van der Waals surface area contributed by atoms with Gasteiger partial charge in [-0.2, -0.15) is 0 Å². The number of carbonyl (C=O) groups excluding carboxylic acids is 2. The minimum Gasteiger partial charge on any atom is -0.381 e. The maximum Gasteiger partial charge on any atom is 0.196 e. The van der Waals surface area contributed by atoms with E-state index in [1.54, 1.807) is 26.8 Å². The Labute approximate surface area is 178 Å². The van der Waals surface area contributed by atoms with E-state index in [1.165, 1.54) is 18.2 Å². The second-order valence-electron chi connectivity index (χ2n) is 9.46. The molecular weight excluding hydrogens is 421 g/mol. The van der Waals surface area contributed by atoms with Crippen molar-refractivity contribution < 1.29 is 23.5 Å². The van der Waals surface area contributed by atoms with Gasteiger partial charge in [-0.15, -0.1) is 23.2 Å². The highest BCUT2D eigenvalue weighted by Gasteiger charge is 2.74. The Hall–Kier alpha value is -1.04. The average molecular weight is 445 g/mol. The molecule has 4 rings (SSSR count). The Balaban J connectivity index is 1.93. The molecule has 3 nitrogen and oxygen atoms in total. The van der Waals surface area contributed by atoms with Gasteiger partial charge >= 0.3 is 0 Å². The summed E-state index contributed by atoms with van der Waals surface area (Å²) in [4.78, 5) is 23.2. The van der Waals surface area contributed by atoms with Crippen LogP contribution in [0.5, 0.6) is 0 Å². The molecule has 4 aliphatic carbocycles. The summed E-state index contributed by atoms with van der Waals surface area (Å²) < 4.78 is 28.6. The SMILES string of the molecule is C[C@@H]1C[C@H]2[C@@H]3C=C(F)C4=CC(=O)C=C[C@]4(C)[C@@]3(Cl)[C@@H](Cl)C[C@]2(C)[C@@]1(O)C(=O)CF. The summed E-state index contributed by atoms with van der Waals surface area (Å²) in [5, 5.41) is 10.6. The van der Waals surface area contributed by atoms with Gasteiger partial charge in [0.25, 0.3) is 0 Å². The molecule has 0 radical (unpaired) electrons. The Morgan fingerprint density at radius 2 is 2.03 bits per heavy atom. The Morgan fingerprint density at radius 1 is 1.38 bits per heavy atom. The number of alkyl halides is 3. The first-order chi connectivity index (χ1) is 13.4. The number of Topliss-reactive ketones (excluding diaryl/α,β-unsaturated/α-hetero) is 1. The fourth-order valence-corrected chi connectivity index (χ4v) is 7.86. The van der Waals surface area contributed by atoms with Gasteiger partial charge in [-0.3, -0.25) is 9.59 Å². The van der Waals surface area contributed by atoms with E-state index in [0.717, 1.165) is 0 Å². The number of halogens is 4. The summed E-state index contributed by atoms with van der Waals surface area (Å²) in [7, 11) is 0. The molecular formula is C22H24Cl2F2O3. The minimum atomic E-state index is -1.89. The minimum absolute atomic E-state index is 0.173. The van der Waals surface area contributed by atoms with Crippen LogP contribution in [0.25, 0.3) is 0 Å². The summed E-state index contributed by atoms with van der Waals surface area (Å²) in [5.74, 6) is -3.22. The third-order valence-electron chi connectivity index (χ3n) is 8.34. The van der Waals surface area contributed by atoms with E-state index in [4.69, 9.17) is 23.2 Å². The van der Waals surface area contributed by atoms with Gasteiger partial charge in [0.1, 0.15) is 11.4 Å². The summed E-state index contributed by atoms with van der Waals surface area (Å²) in [6.07, 6.45) is 6.20. The molecule has 0 spiro atoms. The zero-order valence-electron chi connectivity index (χ0n) is 16.5. The predicted molar refractivity (Wildman–Crippen MR) is 107 cm³/mol. The molecule has 7 heteroatoms. The molecule has 4 aliphatic rings. The monoisotopic (exact) mass is 444 g/mol. The number of rotatable bonds is 2. The van der Waals surface area contributed by atoms with E-state index >= 15 is 4.39 Å². The first-order valence-corrected chi connectivity index (χ1v) is 10.7. The summed E-state index contributed by atoms with van der Waals surface area (Å²) in [6, 6.07) is 0. The van der Waals surface area contributed by atoms with Crippen molar-refractivity contribution in [3.63, 3.8) is 0 Å². The van der Waals surface area contributed by atoms with Gasteiger partial charge in [-0.1, -0.05) is 26.8 Å². The predicted octanol–water partition coefficient (Wildman–Crippen LogP) is 4.46. The highest BCUT2D eigenvalue weighted by Crippen LogP contribution is 2.71. The Bertz CT molecular complexity index is 898. The van der Waals surface area contributed by atoms with Crippen molar-refractivity contribution in [2.45, 2.75) is 49.5 Å². The largest absolute Gasteiger partial charge is 0.381 e. The lowest BCUT2D eigenvalue weighted by Gasteiger charge is -2.62. The first kappa shape index (κ1) is 21.2.